The van der Waals surface area contributed by atoms with Crippen molar-refractivity contribution >= 4 is 33.3 Å². The smallest absolute Gasteiger partial charge is 0.241 e. The second-order valence-corrected chi connectivity index (χ2v) is 11.9. The van der Waals surface area contributed by atoms with E-state index in [-0.39, 0.29) is 18.2 Å². The van der Waals surface area contributed by atoms with Gasteiger partial charge in [-0.3, -0.25) is 0 Å². The van der Waals surface area contributed by atoms with Crippen molar-refractivity contribution in [2.24, 2.45) is 4.99 Å². The molecule has 0 aliphatic carbocycles. The number of benzene rings is 2. The SMILES string of the molecule is CS(=O)(=O)CCNCCCCOC1(Nc2ccc(OCc3cccc(F)c3)c(Cl)c2)Cc2cncnc2C=N1. The van der Waals surface area contributed by atoms with Crippen molar-refractivity contribution in [2.45, 2.75) is 31.7 Å². The summed E-state index contributed by atoms with van der Waals surface area (Å²) in [6.45, 7) is 1.71. The van der Waals surface area contributed by atoms with Gasteiger partial charge < -0.3 is 20.1 Å². The van der Waals surface area contributed by atoms with E-state index in [0.29, 0.717) is 48.1 Å². The van der Waals surface area contributed by atoms with Gasteiger partial charge in [0.15, 0.2) is 0 Å². The maximum atomic E-state index is 13.5. The maximum absolute atomic E-state index is 13.5. The first-order valence-corrected chi connectivity index (χ1v) is 15.0. The molecule has 1 aliphatic heterocycles. The Hall–Kier alpha value is -3.12. The van der Waals surface area contributed by atoms with Gasteiger partial charge in [-0.25, -0.2) is 27.8 Å². The van der Waals surface area contributed by atoms with E-state index >= 15 is 0 Å². The molecule has 1 aromatic heterocycles. The van der Waals surface area contributed by atoms with Crippen molar-refractivity contribution in [1.82, 2.24) is 15.3 Å². The lowest BCUT2D eigenvalue weighted by Gasteiger charge is -2.34. The number of ether oxygens (including phenoxy) is 2. The van der Waals surface area contributed by atoms with Crippen LogP contribution in [0.25, 0.3) is 0 Å². The third-order valence-electron chi connectivity index (χ3n) is 5.94. The van der Waals surface area contributed by atoms with E-state index in [9.17, 15) is 12.8 Å². The number of nitrogens with one attached hydrogen (secondary N) is 2. The van der Waals surface area contributed by atoms with Gasteiger partial charge in [0.25, 0.3) is 0 Å². The van der Waals surface area contributed by atoms with Gasteiger partial charge in [-0.15, -0.1) is 0 Å². The highest BCUT2D eigenvalue weighted by Gasteiger charge is 2.34. The quantitative estimate of drug-likeness (QED) is 0.219. The van der Waals surface area contributed by atoms with E-state index in [4.69, 9.17) is 21.1 Å². The van der Waals surface area contributed by atoms with Crippen molar-refractivity contribution < 1.29 is 22.3 Å². The number of fused-ring (bicyclic) bond motifs is 1. The molecule has 3 aromatic rings. The first-order chi connectivity index (χ1) is 18.7. The van der Waals surface area contributed by atoms with Gasteiger partial charge in [0.1, 0.15) is 34.3 Å². The molecule has 0 saturated carbocycles. The van der Waals surface area contributed by atoms with Crippen LogP contribution in [-0.4, -0.2) is 62.2 Å². The minimum absolute atomic E-state index is 0.115. The van der Waals surface area contributed by atoms with Gasteiger partial charge >= 0.3 is 0 Å². The Bertz CT molecular complexity index is 1410. The highest BCUT2D eigenvalue weighted by Crippen LogP contribution is 2.32. The Morgan fingerprint density at radius 3 is 2.82 bits per heavy atom. The second kappa shape index (κ2) is 13.3. The summed E-state index contributed by atoms with van der Waals surface area (Å²) in [4.78, 5) is 13.1. The molecule has 9 nitrogen and oxygen atoms in total. The third kappa shape index (κ3) is 8.96. The molecule has 39 heavy (non-hydrogen) atoms. The average molecular weight is 576 g/mol. The minimum Gasteiger partial charge on any atom is -0.487 e. The summed E-state index contributed by atoms with van der Waals surface area (Å²) in [7, 11) is -2.97. The van der Waals surface area contributed by atoms with Crippen LogP contribution < -0.4 is 15.4 Å². The number of hydrogen-bond donors (Lipinski definition) is 2. The summed E-state index contributed by atoms with van der Waals surface area (Å²) in [5.74, 6) is -0.829. The standard InChI is InChI=1S/C27H31ClFN5O4S/c1-39(35,36)12-10-30-9-2-3-11-38-27(15-21-16-31-19-32-25(21)17-33-27)34-23-7-8-26(24(28)14-23)37-18-20-5-4-6-22(29)13-20/h4-8,13-14,16-17,19,30,34H,2-3,9-12,15,18H2,1H3. The molecule has 208 valence electrons. The highest BCUT2D eigenvalue weighted by molar-refractivity contribution is 7.90. The van der Waals surface area contributed by atoms with E-state index in [2.05, 4.69) is 25.6 Å². The minimum atomic E-state index is -2.97. The summed E-state index contributed by atoms with van der Waals surface area (Å²) in [5, 5.41) is 6.89. The lowest BCUT2D eigenvalue weighted by atomic mass is 10.1. The van der Waals surface area contributed by atoms with Crippen LogP contribution in [0, 0.1) is 5.82 Å². The van der Waals surface area contributed by atoms with Gasteiger partial charge in [0, 0.05) is 36.7 Å². The number of rotatable bonds is 14. The maximum Gasteiger partial charge on any atom is 0.241 e. The molecule has 12 heteroatoms. The number of unbranched alkanes of at least 4 members (excludes halogenated alkanes) is 1. The molecule has 0 saturated heterocycles. The van der Waals surface area contributed by atoms with Gasteiger partial charge in [0.05, 0.1) is 29.3 Å². The van der Waals surface area contributed by atoms with Crippen LogP contribution in [-0.2, 0) is 27.6 Å². The zero-order chi connectivity index (χ0) is 27.7. The fraction of sp³-hybridized carbons (Fsp3) is 0.370. The Balaban J connectivity index is 1.37. The lowest BCUT2D eigenvalue weighted by Crippen LogP contribution is -2.44. The number of aliphatic imine (C=N–C) groups is 1. The van der Waals surface area contributed by atoms with Crippen LogP contribution in [0.5, 0.6) is 5.75 Å². The molecule has 4 rings (SSSR count). The Kier molecular flexibility index (Phi) is 9.84. The normalized spacial score (nSPS) is 16.6. The van der Waals surface area contributed by atoms with Crippen molar-refractivity contribution in [3.63, 3.8) is 0 Å². The fourth-order valence-electron chi connectivity index (χ4n) is 3.98. The van der Waals surface area contributed by atoms with Gasteiger partial charge in [-0.05, 0) is 55.3 Å². The molecule has 0 amide bonds. The molecule has 2 N–H and O–H groups in total. The average Bonchev–Trinajstić information content (AvgIpc) is 2.89. The second-order valence-electron chi connectivity index (χ2n) is 9.28. The first-order valence-electron chi connectivity index (χ1n) is 12.5. The zero-order valence-electron chi connectivity index (χ0n) is 21.6. The van der Waals surface area contributed by atoms with Crippen LogP contribution in [0.4, 0.5) is 10.1 Å². The van der Waals surface area contributed by atoms with Crippen LogP contribution in [0.1, 0.15) is 29.7 Å². The number of nitrogens with zero attached hydrogens (tertiary/aromatic N) is 3. The third-order valence-corrected chi connectivity index (χ3v) is 7.18. The van der Waals surface area contributed by atoms with Gasteiger partial charge in [0.2, 0.25) is 5.85 Å². The zero-order valence-corrected chi connectivity index (χ0v) is 23.1. The van der Waals surface area contributed by atoms with E-state index in [1.807, 2.05) is 6.07 Å². The highest BCUT2D eigenvalue weighted by atomic mass is 35.5. The molecule has 0 spiro atoms. The molecular formula is C27H31ClFN5O4S. The Morgan fingerprint density at radius 1 is 1.15 bits per heavy atom. The first kappa shape index (κ1) is 28.9. The molecular weight excluding hydrogens is 545 g/mol. The predicted molar refractivity (Wildman–Crippen MR) is 150 cm³/mol. The van der Waals surface area contributed by atoms with Crippen LogP contribution in [0.3, 0.4) is 0 Å². The number of hydrogen-bond acceptors (Lipinski definition) is 9. The van der Waals surface area contributed by atoms with Crippen LogP contribution >= 0.6 is 11.6 Å². The molecule has 2 heterocycles. The van der Waals surface area contributed by atoms with E-state index < -0.39 is 15.7 Å². The summed E-state index contributed by atoms with van der Waals surface area (Å²) < 4.78 is 48.0. The molecule has 1 unspecified atom stereocenters. The molecule has 1 aliphatic rings. The molecule has 2 aromatic carbocycles. The number of anilines is 1. The Labute approximate surface area is 232 Å². The monoisotopic (exact) mass is 575 g/mol. The largest absolute Gasteiger partial charge is 0.487 e. The van der Waals surface area contributed by atoms with Gasteiger partial charge in [-0.2, -0.15) is 0 Å². The summed E-state index contributed by atoms with van der Waals surface area (Å²) in [6.07, 6.45) is 8.08. The topological polar surface area (TPSA) is 115 Å². The fourth-order valence-corrected chi connectivity index (χ4v) is 4.73. The van der Waals surface area contributed by atoms with Crippen LogP contribution in [0.15, 0.2) is 60.0 Å². The van der Waals surface area contributed by atoms with Crippen molar-refractivity contribution in [3.8, 4) is 5.75 Å². The summed E-state index contributed by atoms with van der Waals surface area (Å²) in [5.41, 5.74) is 3.01. The number of aromatic nitrogens is 2. The lowest BCUT2D eigenvalue weighted by molar-refractivity contribution is -0.0194. The molecule has 0 radical (unpaired) electrons. The van der Waals surface area contributed by atoms with Gasteiger partial charge in [-0.1, -0.05) is 23.7 Å². The van der Waals surface area contributed by atoms with E-state index in [1.165, 1.54) is 24.7 Å². The Morgan fingerprint density at radius 2 is 2.03 bits per heavy atom. The summed E-state index contributed by atoms with van der Waals surface area (Å²) >= 11 is 6.50. The van der Waals surface area contributed by atoms with Crippen molar-refractivity contribution in [3.05, 3.63) is 82.6 Å². The number of sulfone groups is 1. The number of halogens is 2. The summed E-state index contributed by atoms with van der Waals surface area (Å²) in [6, 6.07) is 11.5. The van der Waals surface area contributed by atoms with Crippen LogP contribution in [0.2, 0.25) is 5.02 Å². The molecule has 0 fully saturated rings. The van der Waals surface area contributed by atoms with Crippen molar-refractivity contribution in [1.29, 1.82) is 0 Å². The molecule has 1 atom stereocenters. The predicted octanol–water partition coefficient (Wildman–Crippen LogP) is 4.02. The van der Waals surface area contributed by atoms with E-state index in [1.54, 1.807) is 36.7 Å². The molecule has 0 bridgehead atoms. The van der Waals surface area contributed by atoms with Crippen molar-refractivity contribution in [2.75, 3.05) is 37.0 Å². The van der Waals surface area contributed by atoms with E-state index in [0.717, 1.165) is 24.1 Å².